The second kappa shape index (κ2) is 5.91. The maximum absolute atomic E-state index is 13.8. The Bertz CT molecular complexity index is 417. The van der Waals surface area contributed by atoms with E-state index in [9.17, 15) is 4.39 Å². The van der Waals surface area contributed by atoms with Crippen molar-refractivity contribution in [2.75, 3.05) is 24.5 Å². The van der Waals surface area contributed by atoms with Gasteiger partial charge in [0, 0.05) is 19.1 Å². The molecule has 2 aliphatic rings. The summed E-state index contributed by atoms with van der Waals surface area (Å²) < 4.78 is 13.8. The van der Waals surface area contributed by atoms with Gasteiger partial charge in [-0.15, -0.1) is 0 Å². The number of nitrogens with one attached hydrogen (secondary N) is 1. The minimum atomic E-state index is -0.0952. The number of piperidine rings is 1. The van der Waals surface area contributed by atoms with Crippen LogP contribution in [0.15, 0.2) is 24.3 Å². The highest BCUT2D eigenvalue weighted by Gasteiger charge is 2.23. The van der Waals surface area contributed by atoms with Crippen LogP contribution < -0.4 is 10.2 Å². The molecule has 1 N–H and O–H groups in total. The monoisotopic (exact) mass is 262 g/mol. The van der Waals surface area contributed by atoms with Gasteiger partial charge in [-0.2, -0.15) is 0 Å². The van der Waals surface area contributed by atoms with Crippen molar-refractivity contribution in [3.63, 3.8) is 0 Å². The lowest BCUT2D eigenvalue weighted by Crippen LogP contribution is -2.47. The summed E-state index contributed by atoms with van der Waals surface area (Å²) in [5.41, 5.74) is 0.762. The molecule has 1 aromatic rings. The molecule has 0 bridgehead atoms. The molecule has 1 unspecified atom stereocenters. The topological polar surface area (TPSA) is 15.3 Å². The van der Waals surface area contributed by atoms with E-state index in [1.807, 2.05) is 12.1 Å². The summed E-state index contributed by atoms with van der Waals surface area (Å²) in [7, 11) is 0. The van der Waals surface area contributed by atoms with Gasteiger partial charge in [0.15, 0.2) is 0 Å². The minimum Gasteiger partial charge on any atom is -0.368 e. The first-order valence-corrected chi connectivity index (χ1v) is 7.56. The fourth-order valence-electron chi connectivity index (χ4n) is 3.10. The molecule has 3 rings (SSSR count). The maximum atomic E-state index is 13.8. The third kappa shape index (κ3) is 3.08. The van der Waals surface area contributed by atoms with E-state index in [1.165, 1.54) is 25.7 Å². The van der Waals surface area contributed by atoms with Crippen LogP contribution in [0.2, 0.25) is 0 Å². The van der Waals surface area contributed by atoms with Crippen molar-refractivity contribution in [3.8, 4) is 0 Å². The van der Waals surface area contributed by atoms with E-state index in [1.54, 1.807) is 12.1 Å². The van der Waals surface area contributed by atoms with Gasteiger partial charge < -0.3 is 10.2 Å². The summed E-state index contributed by atoms with van der Waals surface area (Å²) in [5.74, 6) is 0.797. The molecule has 0 amide bonds. The van der Waals surface area contributed by atoms with E-state index >= 15 is 0 Å². The minimum absolute atomic E-state index is 0.0952. The first-order valence-electron chi connectivity index (χ1n) is 7.56. The molecule has 1 aliphatic heterocycles. The Balaban J connectivity index is 1.56. The average Bonchev–Trinajstić information content (AvgIpc) is 2.38. The molecule has 104 valence electrons. The third-order valence-corrected chi connectivity index (χ3v) is 4.53. The van der Waals surface area contributed by atoms with Gasteiger partial charge in [0.1, 0.15) is 5.82 Å². The summed E-state index contributed by atoms with van der Waals surface area (Å²) in [6, 6.07) is 7.65. The summed E-state index contributed by atoms with van der Waals surface area (Å²) in [6.07, 6.45) is 6.54. The number of para-hydroxylation sites is 1. The molecule has 1 saturated carbocycles. The number of benzene rings is 1. The largest absolute Gasteiger partial charge is 0.368 e. The van der Waals surface area contributed by atoms with Gasteiger partial charge in [-0.1, -0.05) is 18.6 Å². The number of anilines is 1. The molecule has 1 heterocycles. The summed E-state index contributed by atoms with van der Waals surface area (Å²) in [6.45, 7) is 3.06. The van der Waals surface area contributed by atoms with Gasteiger partial charge in [-0.05, 0) is 50.3 Å². The van der Waals surface area contributed by atoms with Crippen LogP contribution in [-0.4, -0.2) is 25.7 Å². The second-order valence-electron chi connectivity index (χ2n) is 5.94. The van der Waals surface area contributed by atoms with Crippen LogP contribution in [0, 0.1) is 11.7 Å². The Labute approximate surface area is 115 Å². The quantitative estimate of drug-likeness (QED) is 0.896. The molecule has 19 heavy (non-hydrogen) atoms. The van der Waals surface area contributed by atoms with E-state index in [4.69, 9.17) is 0 Å². The van der Waals surface area contributed by atoms with E-state index in [0.29, 0.717) is 6.04 Å². The Morgan fingerprint density at radius 3 is 2.74 bits per heavy atom. The zero-order valence-electron chi connectivity index (χ0n) is 11.4. The van der Waals surface area contributed by atoms with Crippen LogP contribution >= 0.6 is 0 Å². The van der Waals surface area contributed by atoms with E-state index in [-0.39, 0.29) is 5.82 Å². The number of nitrogens with zero attached hydrogens (tertiary/aromatic N) is 1. The van der Waals surface area contributed by atoms with Crippen LogP contribution in [-0.2, 0) is 0 Å². The molecule has 2 fully saturated rings. The molecule has 1 aromatic carbocycles. The number of halogens is 1. The van der Waals surface area contributed by atoms with Gasteiger partial charge in [0.2, 0.25) is 0 Å². The van der Waals surface area contributed by atoms with Crippen LogP contribution in [0.25, 0.3) is 0 Å². The lowest BCUT2D eigenvalue weighted by atomic mass is 9.85. The van der Waals surface area contributed by atoms with Crippen LogP contribution in [0.4, 0.5) is 10.1 Å². The van der Waals surface area contributed by atoms with Crippen molar-refractivity contribution in [1.82, 2.24) is 5.32 Å². The molecule has 2 nitrogen and oxygen atoms in total. The SMILES string of the molecule is Fc1ccccc1N1CCCC(NCC2CCC2)C1. The highest BCUT2D eigenvalue weighted by molar-refractivity contribution is 5.48. The van der Waals surface area contributed by atoms with E-state index in [2.05, 4.69) is 10.2 Å². The number of rotatable bonds is 4. The Morgan fingerprint density at radius 2 is 2.00 bits per heavy atom. The highest BCUT2D eigenvalue weighted by atomic mass is 19.1. The zero-order valence-corrected chi connectivity index (χ0v) is 11.4. The van der Waals surface area contributed by atoms with Gasteiger partial charge in [-0.3, -0.25) is 0 Å². The summed E-state index contributed by atoms with van der Waals surface area (Å²) in [4.78, 5) is 2.19. The third-order valence-electron chi connectivity index (χ3n) is 4.53. The summed E-state index contributed by atoms with van der Waals surface area (Å²) >= 11 is 0. The fourth-order valence-corrected chi connectivity index (χ4v) is 3.10. The molecule has 1 atom stereocenters. The number of hydrogen-bond acceptors (Lipinski definition) is 2. The normalized spacial score (nSPS) is 24.3. The van der Waals surface area contributed by atoms with Crippen LogP contribution in [0.1, 0.15) is 32.1 Å². The van der Waals surface area contributed by atoms with E-state index in [0.717, 1.165) is 37.7 Å². The Kier molecular flexibility index (Phi) is 4.02. The van der Waals surface area contributed by atoms with Crippen molar-refractivity contribution >= 4 is 5.69 Å². The zero-order chi connectivity index (χ0) is 13.1. The summed E-state index contributed by atoms with van der Waals surface area (Å²) in [5, 5.41) is 3.68. The standard InChI is InChI=1S/C16H23FN2/c17-15-8-1-2-9-16(15)19-10-4-7-14(12-19)18-11-13-5-3-6-13/h1-2,8-9,13-14,18H,3-7,10-12H2. The van der Waals surface area contributed by atoms with Crippen LogP contribution in [0.5, 0.6) is 0 Å². The first kappa shape index (κ1) is 12.9. The van der Waals surface area contributed by atoms with Crippen molar-refractivity contribution in [2.24, 2.45) is 5.92 Å². The molecule has 0 aromatic heterocycles. The van der Waals surface area contributed by atoms with Crippen molar-refractivity contribution in [3.05, 3.63) is 30.1 Å². The number of hydrogen-bond donors (Lipinski definition) is 1. The molecule has 0 spiro atoms. The smallest absolute Gasteiger partial charge is 0.146 e. The molecular formula is C16H23FN2. The van der Waals surface area contributed by atoms with Crippen molar-refractivity contribution in [2.45, 2.75) is 38.1 Å². The van der Waals surface area contributed by atoms with Crippen molar-refractivity contribution in [1.29, 1.82) is 0 Å². The Hall–Kier alpha value is -1.09. The first-order chi connectivity index (χ1) is 9.33. The highest BCUT2D eigenvalue weighted by Crippen LogP contribution is 2.26. The maximum Gasteiger partial charge on any atom is 0.146 e. The predicted molar refractivity (Wildman–Crippen MR) is 77.0 cm³/mol. The van der Waals surface area contributed by atoms with Crippen molar-refractivity contribution < 1.29 is 4.39 Å². The predicted octanol–water partition coefficient (Wildman–Crippen LogP) is 3.18. The molecule has 1 aliphatic carbocycles. The second-order valence-corrected chi connectivity index (χ2v) is 5.94. The fraction of sp³-hybridized carbons (Fsp3) is 0.625. The van der Waals surface area contributed by atoms with Gasteiger partial charge in [-0.25, -0.2) is 4.39 Å². The molecular weight excluding hydrogens is 239 g/mol. The Morgan fingerprint density at radius 1 is 1.16 bits per heavy atom. The lowest BCUT2D eigenvalue weighted by molar-refractivity contribution is 0.280. The average molecular weight is 262 g/mol. The van der Waals surface area contributed by atoms with Gasteiger partial charge in [0.25, 0.3) is 0 Å². The molecule has 3 heteroatoms. The van der Waals surface area contributed by atoms with Gasteiger partial charge >= 0.3 is 0 Å². The molecule has 0 radical (unpaired) electrons. The lowest BCUT2D eigenvalue weighted by Gasteiger charge is -2.36. The van der Waals surface area contributed by atoms with E-state index < -0.39 is 0 Å². The van der Waals surface area contributed by atoms with Crippen LogP contribution in [0.3, 0.4) is 0 Å². The molecule has 1 saturated heterocycles. The van der Waals surface area contributed by atoms with Gasteiger partial charge in [0.05, 0.1) is 5.69 Å².